The highest BCUT2D eigenvalue weighted by Crippen LogP contribution is 2.05. The second-order valence-corrected chi connectivity index (χ2v) is 1.60. The van der Waals surface area contributed by atoms with Crippen LogP contribution < -0.4 is 0 Å². The molecule has 0 aromatic rings. The van der Waals surface area contributed by atoms with Gasteiger partial charge in [-0.15, -0.1) is 0 Å². The third-order valence-electron chi connectivity index (χ3n) is 1.03. The maximum atomic E-state index is 10.2. The van der Waals surface area contributed by atoms with Crippen LogP contribution in [0.15, 0.2) is 0 Å². The molecule has 1 amide bonds. The first-order valence-electron chi connectivity index (χ1n) is 2.28. The molecule has 1 fully saturated rings. The van der Waals surface area contributed by atoms with E-state index in [1.807, 2.05) is 0 Å². The average Bonchev–Trinajstić information content (AvgIpc) is 1.91. The van der Waals surface area contributed by atoms with Crippen molar-refractivity contribution in [2.24, 2.45) is 0 Å². The van der Waals surface area contributed by atoms with E-state index in [-0.39, 0.29) is 5.91 Å². The molecule has 0 atom stereocenters. The minimum atomic E-state index is -0.264. The summed E-state index contributed by atoms with van der Waals surface area (Å²) in [6.07, 6.45) is 1.19. The lowest BCUT2D eigenvalue weighted by Gasteiger charge is -2.19. The van der Waals surface area contributed by atoms with Gasteiger partial charge in [0, 0.05) is 13.0 Å². The van der Waals surface area contributed by atoms with E-state index in [2.05, 4.69) is 0 Å². The molecule has 40 valence electrons. The first kappa shape index (κ1) is 4.59. The van der Waals surface area contributed by atoms with E-state index >= 15 is 0 Å². The first-order chi connectivity index (χ1) is 3.30. The lowest BCUT2D eigenvalue weighted by molar-refractivity contribution is -0.125. The summed E-state index contributed by atoms with van der Waals surface area (Å²) in [4.78, 5) is 10.2. The summed E-state index contributed by atoms with van der Waals surface area (Å²) < 4.78 is 0. The number of hydrogen-bond acceptors (Lipinski definition) is 2. The predicted molar refractivity (Wildman–Crippen MR) is 24.3 cm³/mol. The summed E-state index contributed by atoms with van der Waals surface area (Å²) in [5, 5.41) is 10.7. The van der Waals surface area contributed by atoms with Crippen LogP contribution in [0.1, 0.15) is 12.8 Å². The fraction of sp³-hybridized carbons (Fsp3) is 0.750. The fourth-order valence-electron chi connectivity index (χ4n) is 0.623. The van der Waals surface area contributed by atoms with E-state index < -0.39 is 0 Å². The first-order valence-corrected chi connectivity index (χ1v) is 2.28. The molecule has 0 unspecified atom stereocenters. The van der Waals surface area contributed by atoms with Gasteiger partial charge in [0.05, 0.1) is 0 Å². The Labute approximate surface area is 41.5 Å². The number of carbonyl (C=O) groups excluding carboxylic acids is 1. The van der Waals surface area contributed by atoms with Gasteiger partial charge in [-0.3, -0.25) is 4.79 Å². The zero-order valence-electron chi connectivity index (χ0n) is 3.89. The van der Waals surface area contributed by atoms with Gasteiger partial charge in [-0.2, -0.15) is 0 Å². The summed E-state index contributed by atoms with van der Waals surface area (Å²) in [5.41, 5.74) is 0. The Morgan fingerprint density at radius 3 is 2.57 bits per heavy atom. The van der Waals surface area contributed by atoms with Gasteiger partial charge in [-0.05, 0) is 6.42 Å². The molecule has 1 aliphatic heterocycles. The number of hydroxylamine groups is 2. The third kappa shape index (κ3) is 0.718. The van der Waals surface area contributed by atoms with Crippen molar-refractivity contribution in [2.45, 2.75) is 12.8 Å². The van der Waals surface area contributed by atoms with Crippen molar-refractivity contribution in [2.75, 3.05) is 6.54 Å². The standard InChI is InChI=1S/C4H6NO2/c6-4-2-1-3-5(4)7/h1-3H2/q-1. The van der Waals surface area contributed by atoms with E-state index in [1.54, 1.807) is 0 Å². The maximum Gasteiger partial charge on any atom is 0.212 e. The van der Waals surface area contributed by atoms with Crippen molar-refractivity contribution in [3.63, 3.8) is 0 Å². The van der Waals surface area contributed by atoms with Crippen LogP contribution in [-0.2, 0) is 4.79 Å². The van der Waals surface area contributed by atoms with Gasteiger partial charge < -0.3 is 10.3 Å². The zero-order valence-corrected chi connectivity index (χ0v) is 3.89. The molecule has 0 aliphatic carbocycles. The molecule has 0 aromatic carbocycles. The van der Waals surface area contributed by atoms with E-state index in [0.29, 0.717) is 18.0 Å². The SMILES string of the molecule is O=C1CCCN1[O-]. The highest BCUT2D eigenvalue weighted by Gasteiger charge is 2.09. The van der Waals surface area contributed by atoms with Crippen LogP contribution in [0, 0.1) is 5.21 Å². The Morgan fingerprint density at radius 1 is 1.71 bits per heavy atom. The van der Waals surface area contributed by atoms with Gasteiger partial charge in [-0.1, -0.05) is 0 Å². The zero-order chi connectivity index (χ0) is 5.28. The van der Waals surface area contributed by atoms with E-state index in [0.717, 1.165) is 6.42 Å². The molecule has 0 spiro atoms. The Bertz CT molecular complexity index is 91.7. The minimum Gasteiger partial charge on any atom is -0.756 e. The van der Waals surface area contributed by atoms with E-state index in [4.69, 9.17) is 0 Å². The van der Waals surface area contributed by atoms with Crippen molar-refractivity contribution in [1.29, 1.82) is 0 Å². The number of nitrogens with zero attached hydrogens (tertiary/aromatic N) is 1. The molecule has 1 saturated heterocycles. The Hall–Kier alpha value is -0.570. The number of hydrogen-bond donors (Lipinski definition) is 0. The summed E-state index contributed by atoms with van der Waals surface area (Å²) in [6, 6.07) is 0. The van der Waals surface area contributed by atoms with Gasteiger partial charge >= 0.3 is 0 Å². The Balaban J connectivity index is 2.48. The molecular weight excluding hydrogens is 94.0 g/mol. The van der Waals surface area contributed by atoms with E-state index in [1.165, 1.54) is 0 Å². The van der Waals surface area contributed by atoms with E-state index in [9.17, 15) is 10.0 Å². The summed E-state index contributed by atoms with van der Waals surface area (Å²) in [7, 11) is 0. The molecular formula is C4H6NO2-. The van der Waals surface area contributed by atoms with Crippen LogP contribution in [0.5, 0.6) is 0 Å². The van der Waals surface area contributed by atoms with Crippen molar-refractivity contribution in [3.05, 3.63) is 5.21 Å². The number of amides is 1. The van der Waals surface area contributed by atoms with Gasteiger partial charge in [0.15, 0.2) is 0 Å². The highest BCUT2D eigenvalue weighted by atomic mass is 16.5. The van der Waals surface area contributed by atoms with Crippen LogP contribution in [0.3, 0.4) is 0 Å². The second kappa shape index (κ2) is 1.50. The molecule has 0 radical (unpaired) electrons. The maximum absolute atomic E-state index is 10.2. The smallest absolute Gasteiger partial charge is 0.212 e. The molecule has 1 aliphatic rings. The molecule has 3 nitrogen and oxygen atoms in total. The van der Waals surface area contributed by atoms with Crippen LogP contribution >= 0.6 is 0 Å². The molecule has 0 saturated carbocycles. The largest absolute Gasteiger partial charge is 0.756 e. The number of rotatable bonds is 0. The molecule has 1 heterocycles. The predicted octanol–water partition coefficient (Wildman–Crippen LogP) is 0.107. The van der Waals surface area contributed by atoms with Crippen molar-refractivity contribution in [1.82, 2.24) is 5.06 Å². The molecule has 7 heavy (non-hydrogen) atoms. The van der Waals surface area contributed by atoms with Crippen molar-refractivity contribution < 1.29 is 4.79 Å². The topological polar surface area (TPSA) is 43.4 Å². The van der Waals surface area contributed by atoms with Gasteiger partial charge in [0.2, 0.25) is 5.91 Å². The van der Waals surface area contributed by atoms with Gasteiger partial charge in [0.25, 0.3) is 0 Å². The third-order valence-corrected chi connectivity index (χ3v) is 1.03. The Kier molecular flexibility index (Phi) is 0.982. The minimum absolute atomic E-state index is 0.264. The summed E-state index contributed by atoms with van der Waals surface area (Å²) >= 11 is 0. The lowest BCUT2D eigenvalue weighted by Crippen LogP contribution is -2.15. The van der Waals surface area contributed by atoms with Crippen LogP contribution in [-0.4, -0.2) is 17.5 Å². The molecule has 0 aromatic heterocycles. The van der Waals surface area contributed by atoms with Gasteiger partial charge in [-0.25, -0.2) is 0 Å². The van der Waals surface area contributed by atoms with Gasteiger partial charge in [0.1, 0.15) is 0 Å². The van der Waals surface area contributed by atoms with Crippen LogP contribution in [0.25, 0.3) is 0 Å². The van der Waals surface area contributed by atoms with Crippen LogP contribution in [0.2, 0.25) is 0 Å². The Morgan fingerprint density at radius 2 is 2.43 bits per heavy atom. The lowest BCUT2D eigenvalue weighted by atomic mass is 10.4. The highest BCUT2D eigenvalue weighted by molar-refractivity contribution is 5.78. The molecule has 0 bridgehead atoms. The molecule has 1 rings (SSSR count). The fourth-order valence-corrected chi connectivity index (χ4v) is 0.623. The second-order valence-electron chi connectivity index (χ2n) is 1.60. The monoisotopic (exact) mass is 100 g/mol. The normalized spacial score (nSPS) is 21.3. The average molecular weight is 100 g/mol. The van der Waals surface area contributed by atoms with Crippen LogP contribution in [0.4, 0.5) is 0 Å². The number of carbonyl (C=O) groups is 1. The summed E-state index contributed by atoms with van der Waals surface area (Å²) in [5.74, 6) is -0.264. The molecule has 0 N–H and O–H groups in total. The molecule has 3 heteroatoms. The summed E-state index contributed by atoms with van der Waals surface area (Å²) in [6.45, 7) is 0.402. The quantitative estimate of drug-likeness (QED) is 0.433. The van der Waals surface area contributed by atoms with Crippen molar-refractivity contribution >= 4 is 5.91 Å². The van der Waals surface area contributed by atoms with Crippen molar-refractivity contribution in [3.8, 4) is 0 Å².